The average molecular weight is 313 g/mol. The van der Waals surface area contributed by atoms with Crippen LogP contribution in [-0.2, 0) is 6.54 Å². The van der Waals surface area contributed by atoms with E-state index in [-0.39, 0.29) is 0 Å². The van der Waals surface area contributed by atoms with E-state index < -0.39 is 0 Å². The van der Waals surface area contributed by atoms with E-state index in [1.807, 2.05) is 0 Å². The van der Waals surface area contributed by atoms with Gasteiger partial charge in [0.05, 0.1) is 0 Å². The second-order valence-electron chi connectivity index (χ2n) is 4.79. The standard InChI is InChI=1S/C15H25BrN2/c1-5-18(6-2)11-12(3)17-10-14-8-7-9-15(16)13(14)4/h7-9,12,17H,5-6,10-11H2,1-4H3. The molecule has 0 saturated carbocycles. The van der Waals surface area contributed by atoms with Gasteiger partial charge in [-0.25, -0.2) is 0 Å². The first-order valence-corrected chi connectivity index (χ1v) is 7.57. The molecule has 0 bridgehead atoms. The molecule has 0 amide bonds. The number of likely N-dealkylation sites (N-methyl/N-ethyl adjacent to an activating group) is 1. The Hall–Kier alpha value is -0.380. The summed E-state index contributed by atoms with van der Waals surface area (Å²) in [6.45, 7) is 13.1. The number of benzene rings is 1. The third-order valence-electron chi connectivity index (χ3n) is 3.45. The van der Waals surface area contributed by atoms with Gasteiger partial charge in [-0.2, -0.15) is 0 Å². The largest absolute Gasteiger partial charge is 0.309 e. The number of hydrogen-bond acceptors (Lipinski definition) is 2. The van der Waals surface area contributed by atoms with Crippen molar-refractivity contribution in [3.05, 3.63) is 33.8 Å². The highest BCUT2D eigenvalue weighted by Gasteiger charge is 2.07. The third kappa shape index (κ3) is 4.71. The summed E-state index contributed by atoms with van der Waals surface area (Å²) in [5.74, 6) is 0. The Kier molecular flexibility index (Phi) is 6.90. The molecule has 2 nitrogen and oxygen atoms in total. The number of hydrogen-bond donors (Lipinski definition) is 1. The van der Waals surface area contributed by atoms with E-state index in [4.69, 9.17) is 0 Å². The van der Waals surface area contributed by atoms with Crippen LogP contribution < -0.4 is 5.32 Å². The van der Waals surface area contributed by atoms with Crippen molar-refractivity contribution >= 4 is 15.9 Å². The highest BCUT2D eigenvalue weighted by Crippen LogP contribution is 2.19. The second kappa shape index (κ2) is 7.93. The average Bonchev–Trinajstić information content (AvgIpc) is 2.37. The van der Waals surface area contributed by atoms with Crippen LogP contribution in [0.2, 0.25) is 0 Å². The van der Waals surface area contributed by atoms with E-state index in [9.17, 15) is 0 Å². The number of nitrogens with one attached hydrogen (secondary N) is 1. The van der Waals surface area contributed by atoms with Crippen LogP contribution in [0.3, 0.4) is 0 Å². The lowest BCUT2D eigenvalue weighted by atomic mass is 10.1. The van der Waals surface area contributed by atoms with Crippen LogP contribution in [0, 0.1) is 6.92 Å². The molecule has 0 aliphatic carbocycles. The molecule has 1 aromatic carbocycles. The summed E-state index contributed by atoms with van der Waals surface area (Å²) in [6, 6.07) is 6.90. The Labute approximate surface area is 120 Å². The van der Waals surface area contributed by atoms with Crippen molar-refractivity contribution in [2.24, 2.45) is 0 Å². The molecular weight excluding hydrogens is 288 g/mol. The Morgan fingerprint density at radius 1 is 1.28 bits per heavy atom. The third-order valence-corrected chi connectivity index (χ3v) is 4.31. The summed E-state index contributed by atoms with van der Waals surface area (Å²) in [6.07, 6.45) is 0. The minimum atomic E-state index is 0.517. The molecule has 0 heterocycles. The van der Waals surface area contributed by atoms with Crippen LogP contribution in [0.1, 0.15) is 31.9 Å². The summed E-state index contributed by atoms with van der Waals surface area (Å²) in [4.78, 5) is 2.45. The van der Waals surface area contributed by atoms with Crippen molar-refractivity contribution in [3.8, 4) is 0 Å². The fraction of sp³-hybridized carbons (Fsp3) is 0.600. The lowest BCUT2D eigenvalue weighted by Crippen LogP contribution is -2.38. The molecule has 102 valence electrons. The predicted octanol–water partition coefficient (Wildman–Crippen LogP) is 3.58. The van der Waals surface area contributed by atoms with Crippen LogP contribution in [0.5, 0.6) is 0 Å². The molecule has 0 saturated heterocycles. The first-order valence-electron chi connectivity index (χ1n) is 6.78. The first kappa shape index (κ1) is 15.7. The van der Waals surface area contributed by atoms with Gasteiger partial charge in [-0.3, -0.25) is 0 Å². The number of nitrogens with zero attached hydrogens (tertiary/aromatic N) is 1. The van der Waals surface area contributed by atoms with Gasteiger partial charge in [-0.1, -0.05) is 41.9 Å². The van der Waals surface area contributed by atoms with Crippen molar-refractivity contribution in [1.82, 2.24) is 10.2 Å². The minimum absolute atomic E-state index is 0.517. The van der Waals surface area contributed by atoms with Gasteiger partial charge in [-0.05, 0) is 44.1 Å². The maximum Gasteiger partial charge on any atom is 0.0211 e. The molecule has 1 rings (SSSR count). The summed E-state index contributed by atoms with van der Waals surface area (Å²) in [7, 11) is 0. The van der Waals surface area contributed by atoms with E-state index in [1.54, 1.807) is 0 Å². The lowest BCUT2D eigenvalue weighted by Gasteiger charge is -2.23. The summed E-state index contributed by atoms with van der Waals surface area (Å²) < 4.78 is 1.19. The van der Waals surface area contributed by atoms with Crippen LogP contribution in [0.25, 0.3) is 0 Å². The van der Waals surface area contributed by atoms with Crippen molar-refractivity contribution in [2.75, 3.05) is 19.6 Å². The molecule has 18 heavy (non-hydrogen) atoms. The molecule has 1 N–H and O–H groups in total. The van der Waals surface area contributed by atoms with Gasteiger partial charge in [0.25, 0.3) is 0 Å². The summed E-state index contributed by atoms with van der Waals surface area (Å²) >= 11 is 3.58. The molecule has 1 atom stereocenters. The Morgan fingerprint density at radius 3 is 2.56 bits per heavy atom. The first-order chi connectivity index (χ1) is 8.58. The van der Waals surface area contributed by atoms with Gasteiger partial charge in [0.1, 0.15) is 0 Å². The van der Waals surface area contributed by atoms with Crippen LogP contribution >= 0.6 is 15.9 Å². The zero-order valence-electron chi connectivity index (χ0n) is 12.0. The Bertz CT molecular complexity index is 362. The van der Waals surface area contributed by atoms with Crippen molar-refractivity contribution in [1.29, 1.82) is 0 Å². The topological polar surface area (TPSA) is 15.3 Å². The molecule has 0 radical (unpaired) electrons. The molecule has 0 aromatic heterocycles. The van der Waals surface area contributed by atoms with E-state index in [1.165, 1.54) is 15.6 Å². The smallest absolute Gasteiger partial charge is 0.0211 e. The minimum Gasteiger partial charge on any atom is -0.309 e. The normalized spacial score (nSPS) is 13.0. The van der Waals surface area contributed by atoms with Gasteiger partial charge in [0, 0.05) is 23.6 Å². The van der Waals surface area contributed by atoms with Gasteiger partial charge in [-0.15, -0.1) is 0 Å². The highest BCUT2D eigenvalue weighted by molar-refractivity contribution is 9.10. The summed E-state index contributed by atoms with van der Waals surface area (Å²) in [5, 5.41) is 3.60. The van der Waals surface area contributed by atoms with Crippen molar-refractivity contribution < 1.29 is 0 Å². The molecule has 0 fully saturated rings. The molecule has 0 aliphatic heterocycles. The van der Waals surface area contributed by atoms with E-state index in [0.717, 1.165) is 26.2 Å². The predicted molar refractivity (Wildman–Crippen MR) is 83.0 cm³/mol. The Morgan fingerprint density at radius 2 is 1.94 bits per heavy atom. The number of rotatable bonds is 7. The maximum atomic E-state index is 3.60. The highest BCUT2D eigenvalue weighted by atomic mass is 79.9. The molecule has 1 unspecified atom stereocenters. The zero-order valence-corrected chi connectivity index (χ0v) is 13.5. The SMILES string of the molecule is CCN(CC)CC(C)NCc1cccc(Br)c1C. The van der Waals surface area contributed by atoms with Gasteiger partial charge in [0.15, 0.2) is 0 Å². The quantitative estimate of drug-likeness (QED) is 0.828. The van der Waals surface area contributed by atoms with Gasteiger partial charge < -0.3 is 10.2 Å². The van der Waals surface area contributed by atoms with Crippen LogP contribution in [0.15, 0.2) is 22.7 Å². The van der Waals surface area contributed by atoms with Crippen molar-refractivity contribution in [2.45, 2.75) is 40.3 Å². The summed E-state index contributed by atoms with van der Waals surface area (Å²) in [5.41, 5.74) is 2.70. The zero-order chi connectivity index (χ0) is 13.5. The van der Waals surface area contributed by atoms with E-state index in [0.29, 0.717) is 6.04 Å². The maximum absolute atomic E-state index is 3.60. The van der Waals surface area contributed by atoms with Gasteiger partial charge >= 0.3 is 0 Å². The Balaban J connectivity index is 2.47. The second-order valence-corrected chi connectivity index (χ2v) is 5.65. The molecule has 1 aromatic rings. The van der Waals surface area contributed by atoms with Gasteiger partial charge in [0.2, 0.25) is 0 Å². The molecular formula is C15H25BrN2. The number of halogens is 1. The fourth-order valence-electron chi connectivity index (χ4n) is 2.06. The fourth-order valence-corrected chi connectivity index (χ4v) is 2.47. The van der Waals surface area contributed by atoms with E-state index >= 15 is 0 Å². The monoisotopic (exact) mass is 312 g/mol. The molecule has 0 aliphatic rings. The molecule has 3 heteroatoms. The molecule has 0 spiro atoms. The lowest BCUT2D eigenvalue weighted by molar-refractivity contribution is 0.270. The van der Waals surface area contributed by atoms with Crippen molar-refractivity contribution in [3.63, 3.8) is 0 Å². The van der Waals surface area contributed by atoms with E-state index in [2.05, 4.69) is 72.0 Å². The van der Waals surface area contributed by atoms with Crippen LogP contribution in [-0.4, -0.2) is 30.6 Å². The van der Waals surface area contributed by atoms with Crippen LogP contribution in [0.4, 0.5) is 0 Å².